The number of nitrogens with zero attached hydrogens (tertiary/aromatic N) is 1. The molecule has 3 aromatic rings. The molecule has 1 amide bonds. The maximum absolute atomic E-state index is 15.4. The molecule has 1 heterocycles. The summed E-state index contributed by atoms with van der Waals surface area (Å²) in [4.78, 5) is 26.5. The van der Waals surface area contributed by atoms with E-state index in [-0.39, 0.29) is 46.3 Å². The molecule has 2 aromatic carbocycles. The van der Waals surface area contributed by atoms with Crippen LogP contribution in [0.5, 0.6) is 0 Å². The molecule has 39 heavy (non-hydrogen) atoms. The van der Waals surface area contributed by atoms with Gasteiger partial charge in [0, 0.05) is 25.1 Å². The summed E-state index contributed by atoms with van der Waals surface area (Å²) in [7, 11) is -2.33. The third-order valence-electron chi connectivity index (χ3n) is 7.33. The summed E-state index contributed by atoms with van der Waals surface area (Å²) in [5.74, 6) is -1.67. The summed E-state index contributed by atoms with van der Waals surface area (Å²) in [6.45, 7) is 3.35. The van der Waals surface area contributed by atoms with Gasteiger partial charge in [0.2, 0.25) is 10.0 Å². The van der Waals surface area contributed by atoms with Crippen LogP contribution in [-0.4, -0.2) is 29.7 Å². The van der Waals surface area contributed by atoms with Crippen molar-refractivity contribution in [1.29, 1.82) is 0 Å². The molecule has 8 nitrogen and oxygen atoms in total. The number of halogens is 2. The van der Waals surface area contributed by atoms with Gasteiger partial charge in [-0.05, 0) is 74.9 Å². The molecule has 2 aliphatic rings. The standard InChI is InChI=1S/C28H30F2N4O4S/c1-16-7-10-22(21(29)13-16)32-25-20(26(35)31-19-8-9-19)15-18(27(36)34(25)3)14-17-5-4-6-23(24(17)30)33-39(37,38)28(2)11-12-28/h4-7,10,13,15,19,32-33H,8-9,11-12,14H2,1-3H3,(H,31,35). The number of carbonyl (C=O) groups is 1. The number of benzene rings is 2. The van der Waals surface area contributed by atoms with Crippen molar-refractivity contribution < 1.29 is 22.0 Å². The van der Waals surface area contributed by atoms with Gasteiger partial charge >= 0.3 is 0 Å². The highest BCUT2D eigenvalue weighted by Crippen LogP contribution is 2.43. The van der Waals surface area contributed by atoms with Crippen molar-refractivity contribution in [3.05, 3.63) is 86.7 Å². The highest BCUT2D eigenvalue weighted by atomic mass is 32.2. The lowest BCUT2D eigenvalue weighted by atomic mass is 10.0. The van der Waals surface area contributed by atoms with Gasteiger partial charge in [0.25, 0.3) is 11.5 Å². The van der Waals surface area contributed by atoms with E-state index in [1.165, 1.54) is 48.0 Å². The van der Waals surface area contributed by atoms with Gasteiger partial charge in [-0.2, -0.15) is 0 Å². The first-order chi connectivity index (χ1) is 18.4. The summed E-state index contributed by atoms with van der Waals surface area (Å²) >= 11 is 0. The largest absolute Gasteiger partial charge is 0.349 e. The third kappa shape index (κ3) is 5.40. The molecule has 5 rings (SSSR count). The molecule has 0 radical (unpaired) electrons. The fraction of sp³-hybridized carbons (Fsp3) is 0.357. The summed E-state index contributed by atoms with van der Waals surface area (Å²) in [6, 6.07) is 10.3. The Balaban J connectivity index is 1.52. The van der Waals surface area contributed by atoms with Gasteiger partial charge in [0.05, 0.1) is 21.7 Å². The third-order valence-corrected chi connectivity index (χ3v) is 9.52. The normalized spacial score (nSPS) is 16.0. The first-order valence-electron chi connectivity index (χ1n) is 12.8. The minimum absolute atomic E-state index is 0.0256. The maximum Gasteiger partial charge on any atom is 0.255 e. The molecule has 0 bridgehead atoms. The van der Waals surface area contributed by atoms with Gasteiger partial charge < -0.3 is 10.6 Å². The zero-order chi connectivity index (χ0) is 28.1. The van der Waals surface area contributed by atoms with Crippen LogP contribution in [0.2, 0.25) is 0 Å². The van der Waals surface area contributed by atoms with Crippen molar-refractivity contribution >= 4 is 33.1 Å². The van der Waals surface area contributed by atoms with Gasteiger partial charge in [-0.1, -0.05) is 18.2 Å². The monoisotopic (exact) mass is 556 g/mol. The van der Waals surface area contributed by atoms with Gasteiger partial charge in [-0.3, -0.25) is 18.9 Å². The Morgan fingerprint density at radius 3 is 2.44 bits per heavy atom. The second kappa shape index (κ2) is 9.78. The van der Waals surface area contributed by atoms with Crippen LogP contribution in [0.4, 0.5) is 26.0 Å². The summed E-state index contributed by atoms with van der Waals surface area (Å²) in [5.41, 5.74) is 0.429. The van der Waals surface area contributed by atoms with E-state index < -0.39 is 37.9 Å². The molecule has 0 aliphatic heterocycles. The van der Waals surface area contributed by atoms with Crippen LogP contribution in [0.3, 0.4) is 0 Å². The Hall–Kier alpha value is -3.73. The first-order valence-corrected chi connectivity index (χ1v) is 14.2. The van der Waals surface area contributed by atoms with Gasteiger partial charge in [0.1, 0.15) is 11.6 Å². The summed E-state index contributed by atoms with van der Waals surface area (Å²) < 4.78 is 58.0. The molecule has 2 fully saturated rings. The number of pyridine rings is 1. The molecular weight excluding hydrogens is 526 g/mol. The van der Waals surface area contributed by atoms with E-state index in [2.05, 4.69) is 15.4 Å². The molecule has 1 aromatic heterocycles. The second-order valence-corrected chi connectivity index (χ2v) is 12.9. The highest BCUT2D eigenvalue weighted by Gasteiger charge is 2.50. The van der Waals surface area contributed by atoms with Crippen LogP contribution in [-0.2, 0) is 23.5 Å². The molecule has 2 aliphatic carbocycles. The number of aryl methyl sites for hydroxylation is 1. The van der Waals surface area contributed by atoms with E-state index in [1.807, 2.05) is 0 Å². The van der Waals surface area contributed by atoms with Crippen LogP contribution in [0.25, 0.3) is 0 Å². The lowest BCUT2D eigenvalue weighted by molar-refractivity contribution is 0.0951. The van der Waals surface area contributed by atoms with Crippen molar-refractivity contribution in [2.45, 2.75) is 56.7 Å². The van der Waals surface area contributed by atoms with Crippen LogP contribution < -0.4 is 20.9 Å². The lowest BCUT2D eigenvalue weighted by Crippen LogP contribution is -2.31. The number of anilines is 3. The fourth-order valence-corrected chi connectivity index (χ4v) is 5.64. The quantitative estimate of drug-likeness (QED) is 0.360. The van der Waals surface area contributed by atoms with Crippen molar-refractivity contribution in [1.82, 2.24) is 9.88 Å². The Morgan fingerprint density at radius 2 is 1.79 bits per heavy atom. The number of rotatable bonds is 9. The molecule has 11 heteroatoms. The van der Waals surface area contributed by atoms with E-state index in [9.17, 15) is 22.4 Å². The Bertz CT molecular complexity index is 1640. The molecule has 2 saturated carbocycles. The number of hydrogen-bond acceptors (Lipinski definition) is 5. The van der Waals surface area contributed by atoms with Crippen molar-refractivity contribution in [3.8, 4) is 0 Å². The number of hydrogen-bond donors (Lipinski definition) is 3. The lowest BCUT2D eigenvalue weighted by Gasteiger charge is -2.19. The van der Waals surface area contributed by atoms with Gasteiger partial charge in [-0.15, -0.1) is 0 Å². The molecule has 0 saturated heterocycles. The minimum atomic E-state index is -3.78. The van der Waals surface area contributed by atoms with Crippen molar-refractivity contribution in [2.75, 3.05) is 10.0 Å². The molecule has 0 unspecified atom stereocenters. The van der Waals surface area contributed by atoms with Crippen LogP contribution in [0.15, 0.2) is 47.3 Å². The Labute approximate surface area is 225 Å². The SMILES string of the molecule is Cc1ccc(Nc2c(C(=O)NC3CC3)cc(Cc3cccc(NS(=O)(=O)C4(C)CC4)c3F)c(=O)n2C)c(F)c1. The number of sulfonamides is 1. The van der Waals surface area contributed by atoms with E-state index in [1.54, 1.807) is 19.9 Å². The van der Waals surface area contributed by atoms with Crippen LogP contribution >= 0.6 is 0 Å². The van der Waals surface area contributed by atoms with E-state index in [0.29, 0.717) is 18.4 Å². The maximum atomic E-state index is 15.4. The smallest absolute Gasteiger partial charge is 0.255 e. The van der Waals surface area contributed by atoms with Crippen LogP contribution in [0, 0.1) is 18.6 Å². The van der Waals surface area contributed by atoms with E-state index >= 15 is 4.39 Å². The Morgan fingerprint density at radius 1 is 1.08 bits per heavy atom. The van der Waals surface area contributed by atoms with Gasteiger partial charge in [-0.25, -0.2) is 17.2 Å². The number of carbonyl (C=O) groups excluding carboxylic acids is 1. The predicted octanol–water partition coefficient (Wildman–Crippen LogP) is 4.49. The topological polar surface area (TPSA) is 109 Å². The number of aromatic nitrogens is 1. The zero-order valence-corrected chi connectivity index (χ0v) is 22.7. The number of nitrogens with one attached hydrogen (secondary N) is 3. The second-order valence-electron chi connectivity index (χ2n) is 10.7. The van der Waals surface area contributed by atoms with E-state index in [4.69, 9.17) is 0 Å². The van der Waals surface area contributed by atoms with E-state index in [0.717, 1.165) is 12.8 Å². The zero-order valence-electron chi connectivity index (χ0n) is 21.9. The predicted molar refractivity (Wildman–Crippen MR) is 146 cm³/mol. The molecule has 0 atom stereocenters. The van der Waals surface area contributed by atoms with Crippen molar-refractivity contribution in [2.24, 2.45) is 7.05 Å². The molecular formula is C28H30F2N4O4S. The highest BCUT2D eigenvalue weighted by molar-refractivity contribution is 7.94. The first kappa shape index (κ1) is 26.9. The molecule has 0 spiro atoms. The molecule has 3 N–H and O–H groups in total. The average Bonchev–Trinajstić information content (AvgIpc) is 3.81. The minimum Gasteiger partial charge on any atom is -0.349 e. The average molecular weight is 557 g/mol. The van der Waals surface area contributed by atoms with Crippen molar-refractivity contribution in [3.63, 3.8) is 0 Å². The summed E-state index contributed by atoms with van der Waals surface area (Å²) in [6.07, 6.45) is 2.49. The van der Waals surface area contributed by atoms with Gasteiger partial charge in [0.15, 0.2) is 5.82 Å². The number of amides is 1. The van der Waals surface area contributed by atoms with Crippen LogP contribution in [0.1, 0.15) is 59.7 Å². The molecule has 206 valence electrons. The fourth-order valence-electron chi connectivity index (χ4n) is 4.31. The Kier molecular flexibility index (Phi) is 6.74. The summed E-state index contributed by atoms with van der Waals surface area (Å²) in [5, 5.41) is 5.77.